The second-order valence-corrected chi connectivity index (χ2v) is 7.69. The monoisotopic (exact) mass is 339 g/mol. The van der Waals surface area contributed by atoms with Crippen LogP contribution in [0.25, 0.3) is 0 Å². The van der Waals surface area contributed by atoms with E-state index >= 15 is 0 Å². The Morgan fingerprint density at radius 1 is 1.17 bits per heavy atom. The summed E-state index contributed by atoms with van der Waals surface area (Å²) in [6.45, 7) is 10.7. The van der Waals surface area contributed by atoms with Gasteiger partial charge in [-0.15, -0.1) is 0 Å². The molecule has 1 rings (SSSR count). The minimum Gasteiger partial charge on any atom is -0.357 e. The van der Waals surface area contributed by atoms with Gasteiger partial charge in [0.25, 0.3) is 0 Å². The molecule has 0 aliphatic heterocycles. The first-order valence-electron chi connectivity index (χ1n) is 9.35. The third-order valence-corrected chi connectivity index (χ3v) is 4.19. The molecule has 0 bridgehead atoms. The van der Waals surface area contributed by atoms with Crippen LogP contribution in [-0.4, -0.2) is 61.6 Å². The molecule has 1 aliphatic rings. The standard InChI is InChI=1S/C18H37N5O/c1-6-19-17(21-14-16(24)22-18(2,3)4)20-12-13-23(5)15-10-8-7-9-11-15/h15H,6-14H2,1-5H3,(H,22,24)(H2,19,20,21). The minimum absolute atomic E-state index is 0.0565. The van der Waals surface area contributed by atoms with Gasteiger partial charge in [0.2, 0.25) is 5.91 Å². The van der Waals surface area contributed by atoms with Crippen LogP contribution < -0.4 is 16.0 Å². The molecule has 0 saturated heterocycles. The molecule has 1 saturated carbocycles. The van der Waals surface area contributed by atoms with E-state index in [1.165, 1.54) is 32.1 Å². The fourth-order valence-electron chi connectivity index (χ4n) is 3.01. The lowest BCUT2D eigenvalue weighted by atomic mass is 9.94. The summed E-state index contributed by atoms with van der Waals surface area (Å²) in [7, 11) is 2.21. The van der Waals surface area contributed by atoms with E-state index in [4.69, 9.17) is 0 Å². The summed E-state index contributed by atoms with van der Waals surface area (Å²) in [5.74, 6) is 0.651. The van der Waals surface area contributed by atoms with Crippen molar-refractivity contribution < 1.29 is 4.79 Å². The van der Waals surface area contributed by atoms with Crippen LogP contribution in [0.4, 0.5) is 0 Å². The molecular weight excluding hydrogens is 302 g/mol. The van der Waals surface area contributed by atoms with E-state index in [1.54, 1.807) is 0 Å². The maximum atomic E-state index is 11.9. The summed E-state index contributed by atoms with van der Waals surface area (Å²) >= 11 is 0. The van der Waals surface area contributed by atoms with Crippen molar-refractivity contribution in [2.75, 3.05) is 33.2 Å². The summed E-state index contributed by atoms with van der Waals surface area (Å²) in [4.78, 5) is 18.7. The largest absolute Gasteiger partial charge is 0.357 e. The van der Waals surface area contributed by atoms with Gasteiger partial charge in [-0.25, -0.2) is 4.99 Å². The van der Waals surface area contributed by atoms with Gasteiger partial charge >= 0.3 is 0 Å². The number of rotatable bonds is 7. The molecule has 1 fully saturated rings. The number of aliphatic imine (C=N–C) groups is 1. The first kappa shape index (κ1) is 20.7. The van der Waals surface area contributed by atoms with Crippen molar-refractivity contribution >= 4 is 11.9 Å². The zero-order valence-corrected chi connectivity index (χ0v) is 16.2. The van der Waals surface area contributed by atoms with Crippen LogP contribution in [0, 0.1) is 0 Å². The van der Waals surface area contributed by atoms with Crippen LogP contribution in [0.5, 0.6) is 0 Å². The molecular formula is C18H37N5O. The van der Waals surface area contributed by atoms with Gasteiger partial charge in [-0.05, 0) is 47.6 Å². The van der Waals surface area contributed by atoms with Crippen molar-refractivity contribution in [3.63, 3.8) is 0 Å². The Hall–Kier alpha value is -1.30. The first-order chi connectivity index (χ1) is 11.3. The molecule has 0 unspecified atom stereocenters. The number of carbonyl (C=O) groups excluding carboxylic acids is 1. The molecule has 0 atom stereocenters. The highest BCUT2D eigenvalue weighted by molar-refractivity contribution is 5.85. The maximum absolute atomic E-state index is 11.9. The lowest BCUT2D eigenvalue weighted by Crippen LogP contribution is -2.45. The van der Waals surface area contributed by atoms with E-state index in [2.05, 4.69) is 32.9 Å². The Bertz CT molecular complexity index is 397. The Labute approximate surface area is 147 Å². The number of carbonyl (C=O) groups is 1. The average molecular weight is 340 g/mol. The molecule has 1 aliphatic carbocycles. The van der Waals surface area contributed by atoms with Crippen LogP contribution in [0.2, 0.25) is 0 Å². The predicted molar refractivity (Wildman–Crippen MR) is 101 cm³/mol. The number of guanidine groups is 1. The second kappa shape index (κ2) is 10.5. The molecule has 0 aromatic carbocycles. The van der Waals surface area contributed by atoms with Crippen LogP contribution in [0.15, 0.2) is 4.99 Å². The van der Waals surface area contributed by atoms with Crippen molar-refractivity contribution in [1.29, 1.82) is 0 Å². The Morgan fingerprint density at radius 3 is 2.42 bits per heavy atom. The molecule has 0 aromatic heterocycles. The Balaban J connectivity index is 2.36. The summed E-state index contributed by atoms with van der Waals surface area (Å²) in [6, 6.07) is 0.720. The van der Waals surface area contributed by atoms with Crippen LogP contribution in [0.1, 0.15) is 59.8 Å². The van der Waals surface area contributed by atoms with E-state index < -0.39 is 0 Å². The number of hydrogen-bond donors (Lipinski definition) is 3. The molecule has 140 valence electrons. The van der Waals surface area contributed by atoms with Crippen LogP contribution >= 0.6 is 0 Å². The zero-order valence-electron chi connectivity index (χ0n) is 16.2. The number of amides is 1. The second-order valence-electron chi connectivity index (χ2n) is 7.69. The quantitative estimate of drug-likeness (QED) is 0.488. The maximum Gasteiger partial charge on any atom is 0.242 e. The van der Waals surface area contributed by atoms with Gasteiger partial charge in [0.15, 0.2) is 5.96 Å². The van der Waals surface area contributed by atoms with E-state index in [1.807, 2.05) is 27.7 Å². The molecule has 24 heavy (non-hydrogen) atoms. The minimum atomic E-state index is -0.221. The fraction of sp³-hybridized carbons (Fsp3) is 0.889. The molecule has 0 radical (unpaired) electrons. The number of nitrogens with one attached hydrogen (secondary N) is 3. The first-order valence-corrected chi connectivity index (χ1v) is 9.35. The third-order valence-electron chi connectivity index (χ3n) is 4.19. The summed E-state index contributed by atoms with van der Waals surface area (Å²) in [6.07, 6.45) is 6.73. The topological polar surface area (TPSA) is 68.8 Å². The molecule has 0 heterocycles. The molecule has 0 aromatic rings. The van der Waals surface area contributed by atoms with Crippen LogP contribution in [0.3, 0.4) is 0 Å². The molecule has 1 amide bonds. The molecule has 0 spiro atoms. The number of nitrogens with zero attached hydrogens (tertiary/aromatic N) is 2. The van der Waals surface area contributed by atoms with Crippen LogP contribution in [-0.2, 0) is 4.79 Å². The van der Waals surface area contributed by atoms with Gasteiger partial charge in [-0.3, -0.25) is 4.79 Å². The lowest BCUT2D eigenvalue weighted by Gasteiger charge is -2.31. The van der Waals surface area contributed by atoms with Gasteiger partial charge in [-0.1, -0.05) is 19.3 Å². The van der Waals surface area contributed by atoms with E-state index in [9.17, 15) is 4.79 Å². The average Bonchev–Trinajstić information content (AvgIpc) is 2.51. The zero-order chi connectivity index (χ0) is 18.0. The normalized spacial score (nSPS) is 17.0. The molecule has 6 heteroatoms. The van der Waals surface area contributed by atoms with Gasteiger partial charge < -0.3 is 20.9 Å². The van der Waals surface area contributed by atoms with Gasteiger partial charge in [0.05, 0.1) is 0 Å². The highest BCUT2D eigenvalue weighted by atomic mass is 16.2. The summed E-state index contributed by atoms with van der Waals surface area (Å²) in [5.41, 5.74) is -0.221. The highest BCUT2D eigenvalue weighted by Gasteiger charge is 2.17. The molecule has 3 N–H and O–H groups in total. The summed E-state index contributed by atoms with van der Waals surface area (Å²) < 4.78 is 0. The molecule has 6 nitrogen and oxygen atoms in total. The highest BCUT2D eigenvalue weighted by Crippen LogP contribution is 2.21. The summed E-state index contributed by atoms with van der Waals surface area (Å²) in [5, 5.41) is 9.44. The van der Waals surface area contributed by atoms with Crippen molar-refractivity contribution in [2.24, 2.45) is 4.99 Å². The van der Waals surface area contributed by atoms with Gasteiger partial charge in [-0.2, -0.15) is 0 Å². The fourth-order valence-corrected chi connectivity index (χ4v) is 3.01. The van der Waals surface area contributed by atoms with Crippen molar-refractivity contribution in [3.8, 4) is 0 Å². The number of likely N-dealkylation sites (N-methyl/N-ethyl adjacent to an activating group) is 1. The Kier molecular flexibility index (Phi) is 9.11. The predicted octanol–water partition coefficient (Wildman–Crippen LogP) is 1.72. The van der Waals surface area contributed by atoms with E-state index in [0.29, 0.717) is 5.96 Å². The lowest BCUT2D eigenvalue weighted by molar-refractivity contribution is -0.121. The number of hydrogen-bond acceptors (Lipinski definition) is 3. The SMILES string of the molecule is CCNC(=NCC(=O)NC(C)(C)C)NCCN(C)C1CCCCC1. The third kappa shape index (κ3) is 9.11. The van der Waals surface area contributed by atoms with E-state index in [0.717, 1.165) is 25.7 Å². The van der Waals surface area contributed by atoms with Crippen molar-refractivity contribution in [2.45, 2.75) is 71.4 Å². The van der Waals surface area contributed by atoms with Gasteiger partial charge in [0.1, 0.15) is 6.54 Å². The smallest absolute Gasteiger partial charge is 0.242 e. The van der Waals surface area contributed by atoms with Crippen molar-refractivity contribution in [1.82, 2.24) is 20.9 Å². The Morgan fingerprint density at radius 2 is 1.83 bits per heavy atom. The van der Waals surface area contributed by atoms with Gasteiger partial charge in [0, 0.05) is 31.2 Å². The van der Waals surface area contributed by atoms with Crippen molar-refractivity contribution in [3.05, 3.63) is 0 Å². The van der Waals surface area contributed by atoms with E-state index in [-0.39, 0.29) is 18.0 Å².